The molecule has 3 heteroatoms. The zero-order chi connectivity index (χ0) is 13.5. The minimum atomic E-state index is 1.13. The Morgan fingerprint density at radius 3 is 2.16 bits per heavy atom. The fourth-order valence-corrected chi connectivity index (χ4v) is 2.45. The third kappa shape index (κ3) is 5.31. The smallest absolute Gasteiger partial charge is 0.0108 e. The lowest BCUT2D eigenvalue weighted by Gasteiger charge is -2.27. The van der Waals surface area contributed by atoms with Gasteiger partial charge in [0.05, 0.1) is 0 Å². The van der Waals surface area contributed by atoms with Crippen molar-refractivity contribution in [3.63, 3.8) is 0 Å². The number of rotatable bonds is 6. The molecular formula is C16H27N3. The number of nitrogens with zero attached hydrogens (tertiary/aromatic N) is 2. The third-order valence-corrected chi connectivity index (χ3v) is 3.80. The van der Waals surface area contributed by atoms with Crippen LogP contribution in [0.25, 0.3) is 0 Å². The third-order valence-electron chi connectivity index (χ3n) is 3.80. The van der Waals surface area contributed by atoms with Gasteiger partial charge in [-0.15, -0.1) is 0 Å². The van der Waals surface area contributed by atoms with Crippen LogP contribution < -0.4 is 5.32 Å². The molecule has 1 aromatic carbocycles. The van der Waals surface area contributed by atoms with Gasteiger partial charge < -0.3 is 15.1 Å². The molecule has 0 saturated carbocycles. The summed E-state index contributed by atoms with van der Waals surface area (Å²) >= 11 is 0. The van der Waals surface area contributed by atoms with Crippen LogP contribution in [0.3, 0.4) is 0 Å². The standard InChI is InChI=1S/C16H27N3/c1-18(2)11-7-15-3-5-16(6-4-15)8-12-19-13-9-17-10-14-19/h3-6,17H,7-14H2,1-2H3. The maximum absolute atomic E-state index is 3.40. The molecule has 1 aliphatic rings. The van der Waals surface area contributed by atoms with Crippen molar-refractivity contribution < 1.29 is 0 Å². The van der Waals surface area contributed by atoms with Gasteiger partial charge in [-0.1, -0.05) is 24.3 Å². The molecule has 2 rings (SSSR count). The van der Waals surface area contributed by atoms with Crippen LogP contribution in [0.15, 0.2) is 24.3 Å². The summed E-state index contributed by atoms with van der Waals surface area (Å²) in [7, 11) is 4.25. The minimum Gasteiger partial charge on any atom is -0.314 e. The summed E-state index contributed by atoms with van der Waals surface area (Å²) in [6.07, 6.45) is 2.32. The summed E-state index contributed by atoms with van der Waals surface area (Å²) < 4.78 is 0. The number of benzene rings is 1. The van der Waals surface area contributed by atoms with Crippen LogP contribution in [0.4, 0.5) is 0 Å². The van der Waals surface area contributed by atoms with Gasteiger partial charge >= 0.3 is 0 Å². The van der Waals surface area contributed by atoms with Gasteiger partial charge in [0.2, 0.25) is 0 Å². The fourth-order valence-electron chi connectivity index (χ4n) is 2.45. The van der Waals surface area contributed by atoms with Gasteiger partial charge in [0.25, 0.3) is 0 Å². The summed E-state index contributed by atoms with van der Waals surface area (Å²) in [5, 5.41) is 3.40. The Labute approximate surface area is 117 Å². The van der Waals surface area contributed by atoms with Crippen LogP contribution in [0.2, 0.25) is 0 Å². The molecule has 0 unspecified atom stereocenters. The van der Waals surface area contributed by atoms with E-state index in [1.165, 1.54) is 37.2 Å². The van der Waals surface area contributed by atoms with Crippen molar-refractivity contribution in [1.29, 1.82) is 0 Å². The lowest BCUT2D eigenvalue weighted by molar-refractivity contribution is 0.244. The maximum atomic E-state index is 3.40. The molecule has 0 bridgehead atoms. The first-order chi connectivity index (χ1) is 9.24. The van der Waals surface area contributed by atoms with Crippen LogP contribution in [0.1, 0.15) is 11.1 Å². The van der Waals surface area contributed by atoms with Gasteiger partial charge in [0, 0.05) is 39.3 Å². The summed E-state index contributed by atoms with van der Waals surface area (Å²) in [5.41, 5.74) is 2.91. The highest BCUT2D eigenvalue weighted by Gasteiger charge is 2.08. The van der Waals surface area contributed by atoms with Crippen LogP contribution in [0, 0.1) is 0 Å². The molecule has 0 radical (unpaired) electrons. The van der Waals surface area contributed by atoms with Gasteiger partial charge in [0.15, 0.2) is 0 Å². The van der Waals surface area contributed by atoms with Gasteiger partial charge in [-0.2, -0.15) is 0 Å². The highest BCUT2D eigenvalue weighted by atomic mass is 15.2. The molecule has 1 aromatic rings. The number of likely N-dealkylation sites (N-methyl/N-ethyl adjacent to an activating group) is 1. The number of piperazine rings is 1. The Morgan fingerprint density at radius 2 is 1.58 bits per heavy atom. The van der Waals surface area contributed by atoms with E-state index in [9.17, 15) is 0 Å². The molecule has 1 fully saturated rings. The number of hydrogen-bond donors (Lipinski definition) is 1. The molecule has 1 saturated heterocycles. The zero-order valence-corrected chi connectivity index (χ0v) is 12.4. The van der Waals surface area contributed by atoms with Crippen molar-refractivity contribution in [2.75, 3.05) is 53.4 Å². The Hall–Kier alpha value is -0.900. The van der Waals surface area contributed by atoms with Crippen molar-refractivity contribution in [1.82, 2.24) is 15.1 Å². The van der Waals surface area contributed by atoms with Gasteiger partial charge in [0.1, 0.15) is 0 Å². The summed E-state index contributed by atoms with van der Waals surface area (Å²) in [6.45, 7) is 6.99. The van der Waals surface area contributed by atoms with Crippen molar-refractivity contribution in [2.24, 2.45) is 0 Å². The lowest BCUT2D eigenvalue weighted by atomic mass is 10.1. The Balaban J connectivity index is 1.74. The van der Waals surface area contributed by atoms with E-state index < -0.39 is 0 Å². The largest absolute Gasteiger partial charge is 0.314 e. The molecule has 19 heavy (non-hydrogen) atoms. The van der Waals surface area contributed by atoms with Gasteiger partial charge in [-0.3, -0.25) is 0 Å². The zero-order valence-electron chi connectivity index (χ0n) is 12.4. The molecule has 1 heterocycles. The predicted octanol–water partition coefficient (Wildman–Crippen LogP) is 1.24. The van der Waals surface area contributed by atoms with Crippen LogP contribution in [0.5, 0.6) is 0 Å². The van der Waals surface area contributed by atoms with E-state index in [2.05, 4.69) is 53.5 Å². The Kier molecular flexibility index (Phi) is 5.83. The topological polar surface area (TPSA) is 18.5 Å². The maximum Gasteiger partial charge on any atom is 0.0108 e. The fraction of sp³-hybridized carbons (Fsp3) is 0.625. The van der Waals surface area contributed by atoms with E-state index in [1.807, 2.05) is 0 Å². The first-order valence-corrected chi connectivity index (χ1v) is 7.39. The Morgan fingerprint density at radius 1 is 1.00 bits per heavy atom. The molecule has 3 nitrogen and oxygen atoms in total. The monoisotopic (exact) mass is 261 g/mol. The lowest BCUT2D eigenvalue weighted by Crippen LogP contribution is -2.44. The summed E-state index contributed by atoms with van der Waals surface area (Å²) in [6, 6.07) is 9.17. The van der Waals surface area contributed by atoms with E-state index in [1.54, 1.807) is 0 Å². The second-order valence-electron chi connectivity index (χ2n) is 5.71. The van der Waals surface area contributed by atoms with E-state index >= 15 is 0 Å². The molecule has 1 aliphatic heterocycles. The van der Waals surface area contributed by atoms with Crippen LogP contribution in [-0.4, -0.2) is 63.2 Å². The molecule has 0 spiro atoms. The predicted molar refractivity (Wildman–Crippen MR) is 81.7 cm³/mol. The molecular weight excluding hydrogens is 234 g/mol. The van der Waals surface area contributed by atoms with Crippen LogP contribution in [-0.2, 0) is 12.8 Å². The molecule has 1 N–H and O–H groups in total. The normalized spacial score (nSPS) is 17.0. The number of nitrogens with one attached hydrogen (secondary N) is 1. The molecule has 0 amide bonds. The Bertz CT molecular complexity index is 353. The molecule has 106 valence electrons. The first-order valence-electron chi connectivity index (χ1n) is 7.39. The summed E-state index contributed by atoms with van der Waals surface area (Å²) in [5.74, 6) is 0. The highest BCUT2D eigenvalue weighted by molar-refractivity contribution is 5.23. The quantitative estimate of drug-likeness (QED) is 0.831. The van der Waals surface area contributed by atoms with Crippen LogP contribution >= 0.6 is 0 Å². The molecule has 0 aliphatic carbocycles. The van der Waals surface area contributed by atoms with Crippen molar-refractivity contribution in [3.05, 3.63) is 35.4 Å². The van der Waals surface area contributed by atoms with E-state index in [4.69, 9.17) is 0 Å². The average molecular weight is 261 g/mol. The van der Waals surface area contributed by atoms with Crippen molar-refractivity contribution in [3.8, 4) is 0 Å². The van der Waals surface area contributed by atoms with Crippen molar-refractivity contribution in [2.45, 2.75) is 12.8 Å². The first kappa shape index (κ1) is 14.5. The average Bonchev–Trinajstić information content (AvgIpc) is 2.45. The van der Waals surface area contributed by atoms with E-state index in [0.717, 1.165) is 26.1 Å². The second-order valence-corrected chi connectivity index (χ2v) is 5.71. The van der Waals surface area contributed by atoms with E-state index in [-0.39, 0.29) is 0 Å². The molecule has 0 atom stereocenters. The summed E-state index contributed by atoms with van der Waals surface area (Å²) in [4.78, 5) is 4.79. The highest BCUT2D eigenvalue weighted by Crippen LogP contribution is 2.07. The number of hydrogen-bond acceptors (Lipinski definition) is 3. The SMILES string of the molecule is CN(C)CCc1ccc(CCN2CCNCC2)cc1. The second kappa shape index (κ2) is 7.63. The minimum absolute atomic E-state index is 1.13. The van der Waals surface area contributed by atoms with Gasteiger partial charge in [-0.25, -0.2) is 0 Å². The van der Waals surface area contributed by atoms with Gasteiger partial charge in [-0.05, 0) is 38.1 Å². The van der Waals surface area contributed by atoms with E-state index in [0.29, 0.717) is 0 Å². The van der Waals surface area contributed by atoms with Crippen molar-refractivity contribution >= 4 is 0 Å². The molecule has 0 aromatic heterocycles.